The summed E-state index contributed by atoms with van der Waals surface area (Å²) in [6.07, 6.45) is -1.42. The molecule has 0 bridgehead atoms. The predicted octanol–water partition coefficient (Wildman–Crippen LogP) is 4.79. The molecule has 21 heavy (non-hydrogen) atoms. The van der Waals surface area contributed by atoms with Crippen molar-refractivity contribution in [3.05, 3.63) is 51.0 Å². The van der Waals surface area contributed by atoms with Crippen LogP contribution in [0.1, 0.15) is 52.5 Å². The maximum Gasteiger partial charge on any atom is 0.263 e. The number of aromatic nitrogens is 1. The molecule has 0 aliphatic carbocycles. The van der Waals surface area contributed by atoms with Crippen LogP contribution in [-0.2, 0) is 0 Å². The third-order valence-corrected chi connectivity index (χ3v) is 4.55. The number of benzene rings is 1. The molecular formula is C16H20F2N2S. The molecule has 5 heteroatoms. The Balaban J connectivity index is 2.30. The number of halogens is 2. The van der Waals surface area contributed by atoms with E-state index in [4.69, 9.17) is 0 Å². The first kappa shape index (κ1) is 16.0. The van der Waals surface area contributed by atoms with Gasteiger partial charge < -0.3 is 5.32 Å². The van der Waals surface area contributed by atoms with Crippen LogP contribution >= 0.6 is 11.3 Å². The molecule has 0 aliphatic heterocycles. The Labute approximate surface area is 128 Å². The molecule has 0 saturated heterocycles. The summed E-state index contributed by atoms with van der Waals surface area (Å²) in [5, 5.41) is 4.44. The quantitative estimate of drug-likeness (QED) is 0.830. The monoisotopic (exact) mass is 310 g/mol. The highest BCUT2D eigenvalue weighted by Crippen LogP contribution is 2.29. The number of rotatable bonds is 6. The maximum absolute atomic E-state index is 12.7. The second-order valence-electron chi connectivity index (χ2n) is 5.05. The van der Waals surface area contributed by atoms with Crippen LogP contribution in [0.5, 0.6) is 0 Å². The van der Waals surface area contributed by atoms with Gasteiger partial charge in [-0.3, -0.25) is 0 Å². The standard InChI is InChI=1S/C16H20F2N2S/c1-4-9-19-14(16-20-10(2)11(3)21-16)12-5-7-13(8-6-12)15(17)18/h5-8,14-15,19H,4,9H2,1-3H3. The van der Waals surface area contributed by atoms with Crippen LogP contribution in [0.2, 0.25) is 0 Å². The first-order valence-electron chi connectivity index (χ1n) is 7.08. The van der Waals surface area contributed by atoms with Gasteiger partial charge >= 0.3 is 0 Å². The third-order valence-electron chi connectivity index (χ3n) is 3.41. The van der Waals surface area contributed by atoms with Gasteiger partial charge in [0.05, 0.1) is 11.7 Å². The molecule has 0 fully saturated rings. The Kier molecular flexibility index (Phi) is 5.42. The lowest BCUT2D eigenvalue weighted by Crippen LogP contribution is -2.23. The second-order valence-corrected chi connectivity index (χ2v) is 6.28. The smallest absolute Gasteiger partial charge is 0.263 e. The number of hydrogen-bond acceptors (Lipinski definition) is 3. The van der Waals surface area contributed by atoms with E-state index in [9.17, 15) is 8.78 Å². The van der Waals surface area contributed by atoms with Crippen LogP contribution in [0.15, 0.2) is 24.3 Å². The van der Waals surface area contributed by atoms with Gasteiger partial charge in [0.15, 0.2) is 0 Å². The van der Waals surface area contributed by atoms with E-state index < -0.39 is 6.43 Å². The molecule has 0 amide bonds. The lowest BCUT2D eigenvalue weighted by molar-refractivity contribution is 0.151. The summed E-state index contributed by atoms with van der Waals surface area (Å²) in [7, 11) is 0. The molecule has 0 radical (unpaired) electrons. The van der Waals surface area contributed by atoms with Crippen molar-refractivity contribution in [3.63, 3.8) is 0 Å². The molecule has 114 valence electrons. The van der Waals surface area contributed by atoms with Gasteiger partial charge in [0.2, 0.25) is 0 Å². The van der Waals surface area contributed by atoms with Crippen molar-refractivity contribution in [2.45, 2.75) is 39.7 Å². The Morgan fingerprint density at radius 1 is 1.14 bits per heavy atom. The molecule has 0 aliphatic rings. The van der Waals surface area contributed by atoms with Gasteiger partial charge in [0.1, 0.15) is 5.01 Å². The molecule has 1 unspecified atom stereocenters. The molecule has 0 spiro atoms. The lowest BCUT2D eigenvalue weighted by atomic mass is 10.0. The van der Waals surface area contributed by atoms with Gasteiger partial charge in [-0.25, -0.2) is 13.8 Å². The molecule has 2 aromatic rings. The van der Waals surface area contributed by atoms with Gasteiger partial charge in [-0.05, 0) is 32.4 Å². The first-order valence-corrected chi connectivity index (χ1v) is 7.90. The van der Waals surface area contributed by atoms with E-state index >= 15 is 0 Å². The van der Waals surface area contributed by atoms with Crippen molar-refractivity contribution in [2.75, 3.05) is 6.54 Å². The van der Waals surface area contributed by atoms with Crippen molar-refractivity contribution in [1.82, 2.24) is 10.3 Å². The Morgan fingerprint density at radius 3 is 2.24 bits per heavy atom. The van der Waals surface area contributed by atoms with E-state index in [1.807, 2.05) is 13.8 Å². The number of thiazole rings is 1. The van der Waals surface area contributed by atoms with Gasteiger partial charge in [-0.2, -0.15) is 0 Å². The van der Waals surface area contributed by atoms with Crippen molar-refractivity contribution in [1.29, 1.82) is 0 Å². The van der Waals surface area contributed by atoms with Crippen LogP contribution in [0.3, 0.4) is 0 Å². The van der Waals surface area contributed by atoms with Gasteiger partial charge in [-0.15, -0.1) is 11.3 Å². The van der Waals surface area contributed by atoms with Crippen molar-refractivity contribution >= 4 is 11.3 Å². The summed E-state index contributed by atoms with van der Waals surface area (Å²) in [4.78, 5) is 5.80. The summed E-state index contributed by atoms with van der Waals surface area (Å²) in [6.45, 7) is 7.00. The maximum atomic E-state index is 12.7. The van der Waals surface area contributed by atoms with Crippen LogP contribution < -0.4 is 5.32 Å². The van der Waals surface area contributed by atoms with E-state index in [-0.39, 0.29) is 11.6 Å². The Bertz CT molecular complexity index is 559. The molecule has 2 rings (SSSR count). The van der Waals surface area contributed by atoms with E-state index in [2.05, 4.69) is 17.2 Å². The summed E-state index contributed by atoms with van der Waals surface area (Å²) in [5.41, 5.74) is 2.06. The average molecular weight is 310 g/mol. The lowest BCUT2D eigenvalue weighted by Gasteiger charge is -2.17. The van der Waals surface area contributed by atoms with E-state index in [1.54, 1.807) is 23.5 Å². The fourth-order valence-electron chi connectivity index (χ4n) is 2.09. The summed E-state index contributed by atoms with van der Waals surface area (Å²) < 4.78 is 25.3. The average Bonchev–Trinajstić information content (AvgIpc) is 2.79. The molecule has 1 heterocycles. The SMILES string of the molecule is CCCNC(c1ccc(C(F)F)cc1)c1nc(C)c(C)s1. The molecule has 1 aromatic carbocycles. The number of alkyl halides is 2. The number of hydrogen-bond donors (Lipinski definition) is 1. The normalized spacial score (nSPS) is 12.9. The highest BCUT2D eigenvalue weighted by Gasteiger charge is 2.18. The summed E-state index contributed by atoms with van der Waals surface area (Å²) in [5.74, 6) is 0. The highest BCUT2D eigenvalue weighted by molar-refractivity contribution is 7.11. The Hall–Kier alpha value is -1.33. The van der Waals surface area contributed by atoms with Crippen LogP contribution in [0.25, 0.3) is 0 Å². The predicted molar refractivity (Wildman–Crippen MR) is 83.1 cm³/mol. The van der Waals surface area contributed by atoms with E-state index in [0.717, 1.165) is 29.2 Å². The fraction of sp³-hybridized carbons (Fsp3) is 0.438. The number of nitrogens with one attached hydrogen (secondary N) is 1. The van der Waals surface area contributed by atoms with E-state index in [1.165, 1.54) is 17.0 Å². The Morgan fingerprint density at radius 2 is 1.76 bits per heavy atom. The molecule has 0 saturated carbocycles. The van der Waals surface area contributed by atoms with Crippen molar-refractivity contribution in [3.8, 4) is 0 Å². The molecule has 2 nitrogen and oxygen atoms in total. The zero-order chi connectivity index (χ0) is 15.4. The molecule has 1 N–H and O–H groups in total. The number of nitrogens with zero attached hydrogens (tertiary/aromatic N) is 1. The van der Waals surface area contributed by atoms with E-state index in [0.29, 0.717) is 0 Å². The van der Waals surface area contributed by atoms with Crippen LogP contribution in [0, 0.1) is 13.8 Å². The molecule has 1 aromatic heterocycles. The zero-order valence-electron chi connectivity index (χ0n) is 12.5. The van der Waals surface area contributed by atoms with Crippen LogP contribution in [-0.4, -0.2) is 11.5 Å². The minimum Gasteiger partial charge on any atom is -0.304 e. The second kappa shape index (κ2) is 7.09. The van der Waals surface area contributed by atoms with Gasteiger partial charge in [0.25, 0.3) is 6.43 Å². The van der Waals surface area contributed by atoms with Crippen LogP contribution in [0.4, 0.5) is 8.78 Å². The molecule has 1 atom stereocenters. The topological polar surface area (TPSA) is 24.9 Å². The fourth-order valence-corrected chi connectivity index (χ4v) is 3.12. The first-order chi connectivity index (χ1) is 10.0. The van der Waals surface area contributed by atoms with Gasteiger partial charge in [0, 0.05) is 10.4 Å². The zero-order valence-corrected chi connectivity index (χ0v) is 13.3. The third kappa shape index (κ3) is 3.86. The minimum atomic E-state index is -2.43. The van der Waals surface area contributed by atoms with Gasteiger partial charge in [-0.1, -0.05) is 31.2 Å². The highest BCUT2D eigenvalue weighted by atomic mass is 32.1. The largest absolute Gasteiger partial charge is 0.304 e. The van der Waals surface area contributed by atoms with Crippen molar-refractivity contribution < 1.29 is 8.78 Å². The molecular weight excluding hydrogens is 290 g/mol. The number of aryl methyl sites for hydroxylation is 2. The minimum absolute atomic E-state index is 0.0333. The van der Waals surface area contributed by atoms with Crippen molar-refractivity contribution in [2.24, 2.45) is 0 Å². The summed E-state index contributed by atoms with van der Waals surface area (Å²) >= 11 is 1.66. The summed E-state index contributed by atoms with van der Waals surface area (Å²) in [6, 6.07) is 6.48.